The van der Waals surface area contributed by atoms with E-state index in [0.717, 1.165) is 11.0 Å². The lowest BCUT2D eigenvalue weighted by atomic mass is 9.98. The van der Waals surface area contributed by atoms with Gasteiger partial charge in [-0.25, -0.2) is 0 Å². The summed E-state index contributed by atoms with van der Waals surface area (Å²) in [6.45, 7) is 0.0335. The molecule has 1 fully saturated rings. The minimum absolute atomic E-state index is 0.0335. The number of carbonyl (C=O) groups is 1. The smallest absolute Gasteiger partial charge is 0.335 e. The maximum atomic E-state index is 13.0. The number of alkyl halides is 6. The van der Waals surface area contributed by atoms with Crippen LogP contribution in [-0.2, 0) is 11.0 Å². The molecule has 0 bridgehead atoms. The van der Waals surface area contributed by atoms with E-state index in [1.54, 1.807) is 0 Å². The molecule has 2 nitrogen and oxygen atoms in total. The van der Waals surface area contributed by atoms with Crippen LogP contribution < -0.4 is 0 Å². The van der Waals surface area contributed by atoms with Crippen molar-refractivity contribution in [1.29, 1.82) is 0 Å². The number of carbonyl (C=O) groups excluding carboxylic acids is 1. The van der Waals surface area contributed by atoms with Crippen LogP contribution in [0, 0.1) is 0 Å². The Morgan fingerprint density at radius 2 is 1.77 bits per heavy atom. The largest absolute Gasteiger partial charge is 0.416 e. The van der Waals surface area contributed by atoms with Gasteiger partial charge in [0.1, 0.15) is 6.42 Å². The molecule has 0 saturated carbocycles. The number of benzene rings is 1. The first-order chi connectivity index (χ1) is 10.1. The first-order valence-electron chi connectivity index (χ1n) is 6.62. The van der Waals surface area contributed by atoms with Gasteiger partial charge in [-0.1, -0.05) is 18.2 Å². The maximum absolute atomic E-state index is 13.0. The van der Waals surface area contributed by atoms with E-state index in [1.165, 1.54) is 18.2 Å². The van der Waals surface area contributed by atoms with Gasteiger partial charge in [0.25, 0.3) is 0 Å². The quantitative estimate of drug-likeness (QED) is 0.742. The van der Waals surface area contributed by atoms with Crippen molar-refractivity contribution >= 4 is 5.91 Å². The molecule has 1 aromatic carbocycles. The summed E-state index contributed by atoms with van der Waals surface area (Å²) in [5, 5.41) is 0. The lowest BCUT2D eigenvalue weighted by Crippen LogP contribution is -2.34. The first-order valence-corrected chi connectivity index (χ1v) is 6.62. The van der Waals surface area contributed by atoms with Crippen LogP contribution in [0.25, 0.3) is 0 Å². The van der Waals surface area contributed by atoms with Crippen LogP contribution in [0.3, 0.4) is 0 Å². The van der Waals surface area contributed by atoms with Gasteiger partial charge in [0.2, 0.25) is 5.91 Å². The molecule has 0 radical (unpaired) electrons. The van der Waals surface area contributed by atoms with Crippen LogP contribution in [0.15, 0.2) is 24.3 Å². The van der Waals surface area contributed by atoms with E-state index in [0.29, 0.717) is 6.42 Å². The molecule has 2 rings (SSSR count). The normalized spacial score (nSPS) is 19.5. The molecule has 1 unspecified atom stereocenters. The number of nitrogens with zero attached hydrogens (tertiary/aromatic N) is 1. The SMILES string of the molecule is O=C(CC(F)(F)F)N1CCCC1c1ccccc1C(F)(F)F. The minimum atomic E-state index is -4.67. The van der Waals surface area contributed by atoms with Crippen molar-refractivity contribution in [3.8, 4) is 0 Å². The highest BCUT2D eigenvalue weighted by molar-refractivity contribution is 5.77. The minimum Gasteiger partial charge on any atom is -0.335 e. The van der Waals surface area contributed by atoms with E-state index in [9.17, 15) is 31.1 Å². The monoisotopic (exact) mass is 325 g/mol. The molecule has 1 amide bonds. The van der Waals surface area contributed by atoms with Crippen LogP contribution in [-0.4, -0.2) is 23.5 Å². The lowest BCUT2D eigenvalue weighted by molar-refractivity contribution is -0.162. The highest BCUT2D eigenvalue weighted by atomic mass is 19.4. The molecule has 0 aliphatic carbocycles. The zero-order valence-electron chi connectivity index (χ0n) is 11.3. The van der Waals surface area contributed by atoms with Gasteiger partial charge in [0.05, 0.1) is 11.6 Å². The average molecular weight is 325 g/mol. The Kier molecular flexibility index (Phi) is 4.39. The predicted octanol–water partition coefficient (Wildman–Crippen LogP) is 4.32. The molecule has 1 aliphatic heterocycles. The van der Waals surface area contributed by atoms with Crippen LogP contribution in [0.2, 0.25) is 0 Å². The molecule has 1 saturated heterocycles. The second-order valence-corrected chi connectivity index (χ2v) is 5.12. The average Bonchev–Trinajstić information content (AvgIpc) is 2.84. The summed E-state index contributed by atoms with van der Waals surface area (Å²) in [5.41, 5.74) is -1.06. The van der Waals surface area contributed by atoms with Crippen LogP contribution in [0.5, 0.6) is 0 Å². The van der Waals surface area contributed by atoms with Gasteiger partial charge in [-0.3, -0.25) is 4.79 Å². The van der Waals surface area contributed by atoms with Crippen LogP contribution >= 0.6 is 0 Å². The van der Waals surface area contributed by atoms with Crippen molar-refractivity contribution < 1.29 is 31.1 Å². The Balaban J connectivity index is 2.30. The Hall–Kier alpha value is -1.73. The molecule has 1 atom stereocenters. The van der Waals surface area contributed by atoms with Gasteiger partial charge in [0, 0.05) is 6.54 Å². The second kappa shape index (κ2) is 5.81. The fourth-order valence-electron chi connectivity index (χ4n) is 2.71. The molecule has 122 valence electrons. The first kappa shape index (κ1) is 16.6. The molecule has 1 heterocycles. The van der Waals surface area contributed by atoms with Gasteiger partial charge in [-0.15, -0.1) is 0 Å². The highest BCUT2D eigenvalue weighted by Gasteiger charge is 2.41. The van der Waals surface area contributed by atoms with Crippen molar-refractivity contribution in [2.24, 2.45) is 0 Å². The van der Waals surface area contributed by atoms with Gasteiger partial charge in [-0.2, -0.15) is 26.3 Å². The summed E-state index contributed by atoms with van der Waals surface area (Å²) < 4.78 is 76.0. The van der Waals surface area contributed by atoms with E-state index in [-0.39, 0.29) is 18.5 Å². The maximum Gasteiger partial charge on any atom is 0.416 e. The molecule has 8 heteroatoms. The fraction of sp³-hybridized carbons (Fsp3) is 0.500. The van der Waals surface area contributed by atoms with E-state index >= 15 is 0 Å². The molecular formula is C14H13F6NO. The topological polar surface area (TPSA) is 20.3 Å². The Bertz CT molecular complexity index is 551. The van der Waals surface area contributed by atoms with Crippen LogP contribution in [0.4, 0.5) is 26.3 Å². The summed E-state index contributed by atoms with van der Waals surface area (Å²) in [6, 6.07) is 3.72. The van der Waals surface area contributed by atoms with Crippen molar-refractivity contribution in [3.05, 3.63) is 35.4 Å². The number of halogens is 6. The fourth-order valence-corrected chi connectivity index (χ4v) is 2.71. The molecule has 0 N–H and O–H groups in total. The summed E-state index contributed by atoms with van der Waals surface area (Å²) in [4.78, 5) is 12.6. The summed E-state index contributed by atoms with van der Waals surface area (Å²) in [6.07, 6.45) is -10.3. The molecule has 0 aromatic heterocycles. The standard InChI is InChI=1S/C14H13F6NO/c15-13(16,17)8-12(22)21-7-3-6-11(21)9-4-1-2-5-10(9)14(18,19)20/h1-2,4-5,11H,3,6-8H2. The number of amides is 1. The van der Waals surface area contributed by atoms with Crippen molar-refractivity contribution in [2.45, 2.75) is 37.7 Å². The Labute approximate surface area is 122 Å². The zero-order chi connectivity index (χ0) is 16.5. The zero-order valence-corrected chi connectivity index (χ0v) is 11.3. The van der Waals surface area contributed by atoms with Gasteiger partial charge < -0.3 is 4.90 Å². The van der Waals surface area contributed by atoms with E-state index in [4.69, 9.17) is 0 Å². The van der Waals surface area contributed by atoms with Crippen molar-refractivity contribution in [1.82, 2.24) is 4.90 Å². The number of rotatable bonds is 2. The Morgan fingerprint density at radius 1 is 1.14 bits per heavy atom. The second-order valence-electron chi connectivity index (χ2n) is 5.12. The molecule has 22 heavy (non-hydrogen) atoms. The van der Waals surface area contributed by atoms with E-state index in [2.05, 4.69) is 0 Å². The Morgan fingerprint density at radius 3 is 2.36 bits per heavy atom. The summed E-state index contributed by atoms with van der Waals surface area (Å²) in [7, 11) is 0. The molecule has 1 aliphatic rings. The highest BCUT2D eigenvalue weighted by Crippen LogP contribution is 2.41. The predicted molar refractivity (Wildman–Crippen MR) is 65.8 cm³/mol. The van der Waals surface area contributed by atoms with E-state index < -0.39 is 36.3 Å². The lowest BCUT2D eigenvalue weighted by Gasteiger charge is -2.27. The van der Waals surface area contributed by atoms with Crippen LogP contribution in [0.1, 0.15) is 36.4 Å². The molecule has 0 spiro atoms. The van der Waals surface area contributed by atoms with Gasteiger partial charge in [-0.05, 0) is 24.5 Å². The number of hydrogen-bond donors (Lipinski definition) is 0. The number of likely N-dealkylation sites (tertiary alicyclic amines) is 1. The third-order valence-electron chi connectivity index (χ3n) is 3.55. The van der Waals surface area contributed by atoms with E-state index in [1.807, 2.05) is 0 Å². The molecular weight excluding hydrogens is 312 g/mol. The third-order valence-corrected chi connectivity index (χ3v) is 3.55. The van der Waals surface area contributed by atoms with Crippen molar-refractivity contribution in [3.63, 3.8) is 0 Å². The van der Waals surface area contributed by atoms with Gasteiger partial charge in [0.15, 0.2) is 0 Å². The molecule has 1 aromatic rings. The third kappa shape index (κ3) is 3.72. The summed E-state index contributed by atoms with van der Waals surface area (Å²) >= 11 is 0. The van der Waals surface area contributed by atoms with Crippen molar-refractivity contribution in [2.75, 3.05) is 6.54 Å². The summed E-state index contributed by atoms with van der Waals surface area (Å²) in [5.74, 6) is -1.19. The van der Waals surface area contributed by atoms with Gasteiger partial charge >= 0.3 is 12.4 Å². The number of hydrogen-bond acceptors (Lipinski definition) is 1.